The summed E-state index contributed by atoms with van der Waals surface area (Å²) in [6.07, 6.45) is 4.25. The predicted molar refractivity (Wildman–Crippen MR) is 111 cm³/mol. The van der Waals surface area contributed by atoms with Gasteiger partial charge < -0.3 is 15.6 Å². The number of benzene rings is 1. The molecule has 1 saturated heterocycles. The molecule has 0 unspecified atom stereocenters. The molecule has 7 heteroatoms. The topological polar surface area (TPSA) is 78.2 Å². The van der Waals surface area contributed by atoms with Crippen LogP contribution in [0.5, 0.6) is 0 Å². The molecule has 4 rings (SSSR count). The van der Waals surface area contributed by atoms with Crippen molar-refractivity contribution in [2.75, 3.05) is 37.6 Å². The van der Waals surface area contributed by atoms with Crippen LogP contribution in [0.1, 0.15) is 6.42 Å². The lowest BCUT2D eigenvalue weighted by Crippen LogP contribution is -2.47. The Morgan fingerprint density at radius 3 is 2.70 bits per heavy atom. The van der Waals surface area contributed by atoms with Gasteiger partial charge >= 0.3 is 0 Å². The number of carbonyl (C=O) groups excluding carboxylic acids is 1. The molecule has 27 heavy (non-hydrogen) atoms. The second-order valence-corrected chi connectivity index (χ2v) is 6.66. The van der Waals surface area contributed by atoms with E-state index in [1.165, 1.54) is 5.39 Å². The number of nitrogens with two attached hydrogens (primary N) is 1. The third kappa shape index (κ3) is 4.07. The second kappa shape index (κ2) is 8.41. The number of nitrogens with zero attached hydrogens (tertiary/aromatic N) is 3. The molecular formula is C20H24ClN5O. The third-order valence-corrected chi connectivity index (χ3v) is 5.02. The highest BCUT2D eigenvalue weighted by molar-refractivity contribution is 5.97. The minimum Gasteiger partial charge on any atom is -0.370 e. The van der Waals surface area contributed by atoms with E-state index in [0.29, 0.717) is 6.42 Å². The number of aromatic amines is 1. The molecule has 6 nitrogen and oxygen atoms in total. The van der Waals surface area contributed by atoms with E-state index in [4.69, 9.17) is 10.7 Å². The Hall–Kier alpha value is -2.57. The van der Waals surface area contributed by atoms with Gasteiger partial charge in [0.25, 0.3) is 0 Å². The van der Waals surface area contributed by atoms with Crippen molar-refractivity contribution in [1.82, 2.24) is 14.9 Å². The lowest BCUT2D eigenvalue weighted by atomic mass is 10.0. The maximum absolute atomic E-state index is 11.0. The number of anilines is 1. The smallest absolute Gasteiger partial charge is 0.218 e. The lowest BCUT2D eigenvalue weighted by Gasteiger charge is -2.36. The zero-order chi connectivity index (χ0) is 17.9. The van der Waals surface area contributed by atoms with E-state index in [2.05, 4.69) is 45.1 Å². The molecule has 142 valence electrons. The number of H-pyrrole nitrogens is 1. The van der Waals surface area contributed by atoms with Crippen LogP contribution in [0.3, 0.4) is 0 Å². The van der Waals surface area contributed by atoms with Crippen molar-refractivity contribution in [3.63, 3.8) is 0 Å². The van der Waals surface area contributed by atoms with Crippen LogP contribution in [0.4, 0.5) is 5.69 Å². The summed E-state index contributed by atoms with van der Waals surface area (Å²) in [6, 6.07) is 12.5. The van der Waals surface area contributed by atoms with Gasteiger partial charge in [0.2, 0.25) is 5.91 Å². The van der Waals surface area contributed by atoms with Crippen molar-refractivity contribution in [2.45, 2.75) is 6.42 Å². The first-order valence-electron chi connectivity index (χ1n) is 8.99. The molecule has 2 aromatic heterocycles. The molecule has 0 atom stereocenters. The molecule has 0 spiro atoms. The van der Waals surface area contributed by atoms with E-state index in [9.17, 15) is 4.79 Å². The van der Waals surface area contributed by atoms with Crippen LogP contribution in [0, 0.1) is 0 Å². The fourth-order valence-electron chi connectivity index (χ4n) is 3.63. The number of hydrogen-bond acceptors (Lipinski definition) is 4. The van der Waals surface area contributed by atoms with Gasteiger partial charge in [0.1, 0.15) is 0 Å². The standard InChI is InChI=1S/C20H23N5O.ClH/c21-19(26)7-10-24-11-13-25(14-12-24)18-5-2-8-23-20(18)16-3-1-4-17-15(16)6-9-22-17;/h1-6,8-9,22H,7,10-14H2,(H2,21,26);1H. The van der Waals surface area contributed by atoms with Crippen LogP contribution in [0.2, 0.25) is 0 Å². The van der Waals surface area contributed by atoms with E-state index in [-0.39, 0.29) is 18.3 Å². The number of primary amides is 1. The molecule has 0 aliphatic carbocycles. The van der Waals surface area contributed by atoms with Gasteiger partial charge in [-0.25, -0.2) is 0 Å². The molecule has 1 fully saturated rings. The van der Waals surface area contributed by atoms with Crippen molar-refractivity contribution in [2.24, 2.45) is 5.73 Å². The number of pyridine rings is 1. The monoisotopic (exact) mass is 385 g/mol. The highest BCUT2D eigenvalue weighted by atomic mass is 35.5. The fourth-order valence-corrected chi connectivity index (χ4v) is 3.63. The normalized spacial score (nSPS) is 14.9. The molecule has 3 aromatic rings. The Morgan fingerprint density at radius 2 is 1.93 bits per heavy atom. The minimum atomic E-state index is -0.235. The average Bonchev–Trinajstić information content (AvgIpc) is 3.16. The molecule has 0 bridgehead atoms. The molecule has 0 radical (unpaired) electrons. The van der Waals surface area contributed by atoms with Crippen LogP contribution in [0.25, 0.3) is 22.2 Å². The van der Waals surface area contributed by atoms with Crippen molar-refractivity contribution in [1.29, 1.82) is 0 Å². The van der Waals surface area contributed by atoms with Crippen molar-refractivity contribution in [3.8, 4) is 11.3 Å². The summed E-state index contributed by atoms with van der Waals surface area (Å²) in [5.74, 6) is -0.235. The van der Waals surface area contributed by atoms with Gasteiger partial charge in [0, 0.05) is 68.0 Å². The maximum Gasteiger partial charge on any atom is 0.218 e. The van der Waals surface area contributed by atoms with Crippen LogP contribution in [-0.4, -0.2) is 53.5 Å². The number of rotatable bonds is 5. The first-order valence-corrected chi connectivity index (χ1v) is 8.99. The van der Waals surface area contributed by atoms with Gasteiger partial charge in [0.15, 0.2) is 0 Å². The number of fused-ring (bicyclic) bond motifs is 1. The van der Waals surface area contributed by atoms with Crippen LogP contribution < -0.4 is 10.6 Å². The SMILES string of the molecule is Cl.NC(=O)CCN1CCN(c2cccnc2-c2cccc3[nH]ccc23)CC1. The molecule has 1 aromatic carbocycles. The predicted octanol–water partition coefficient (Wildman–Crippen LogP) is 2.65. The van der Waals surface area contributed by atoms with Crippen LogP contribution >= 0.6 is 12.4 Å². The number of amides is 1. The average molecular weight is 386 g/mol. The Morgan fingerprint density at radius 1 is 1.11 bits per heavy atom. The Balaban J connectivity index is 0.00000210. The van der Waals surface area contributed by atoms with E-state index in [1.54, 1.807) is 0 Å². The van der Waals surface area contributed by atoms with E-state index in [1.807, 2.05) is 18.5 Å². The zero-order valence-electron chi connectivity index (χ0n) is 15.1. The summed E-state index contributed by atoms with van der Waals surface area (Å²) in [5, 5.41) is 1.19. The summed E-state index contributed by atoms with van der Waals surface area (Å²) in [7, 11) is 0. The Bertz CT molecular complexity index is 917. The van der Waals surface area contributed by atoms with Crippen molar-refractivity contribution < 1.29 is 4.79 Å². The van der Waals surface area contributed by atoms with Gasteiger partial charge in [-0.05, 0) is 24.3 Å². The zero-order valence-corrected chi connectivity index (χ0v) is 15.9. The molecule has 1 amide bonds. The first kappa shape index (κ1) is 19.2. The molecule has 0 saturated carbocycles. The molecule has 1 aliphatic rings. The summed E-state index contributed by atoms with van der Waals surface area (Å²) in [6.45, 7) is 4.43. The Labute approximate surface area is 164 Å². The first-order chi connectivity index (χ1) is 12.7. The van der Waals surface area contributed by atoms with Gasteiger partial charge in [-0.3, -0.25) is 14.7 Å². The fraction of sp³-hybridized carbons (Fsp3) is 0.300. The highest BCUT2D eigenvalue weighted by Gasteiger charge is 2.21. The number of piperazine rings is 1. The summed E-state index contributed by atoms with van der Waals surface area (Å²) < 4.78 is 0. The Kier molecular flexibility index (Phi) is 5.98. The van der Waals surface area contributed by atoms with Gasteiger partial charge in [-0.15, -0.1) is 12.4 Å². The second-order valence-electron chi connectivity index (χ2n) is 6.66. The number of hydrogen-bond donors (Lipinski definition) is 2. The summed E-state index contributed by atoms with van der Waals surface area (Å²) in [5.41, 5.74) is 9.71. The van der Waals surface area contributed by atoms with E-state index >= 15 is 0 Å². The minimum absolute atomic E-state index is 0. The van der Waals surface area contributed by atoms with Crippen LogP contribution in [-0.2, 0) is 4.79 Å². The third-order valence-electron chi connectivity index (χ3n) is 5.02. The molecule has 3 N–H and O–H groups in total. The van der Waals surface area contributed by atoms with E-state index in [0.717, 1.165) is 55.2 Å². The van der Waals surface area contributed by atoms with Crippen LogP contribution in [0.15, 0.2) is 48.8 Å². The van der Waals surface area contributed by atoms with E-state index < -0.39 is 0 Å². The number of aromatic nitrogens is 2. The van der Waals surface area contributed by atoms with Gasteiger partial charge in [-0.2, -0.15) is 0 Å². The maximum atomic E-state index is 11.0. The molecule has 3 heterocycles. The van der Waals surface area contributed by atoms with Gasteiger partial charge in [-0.1, -0.05) is 12.1 Å². The van der Waals surface area contributed by atoms with Crippen molar-refractivity contribution >= 4 is 34.9 Å². The lowest BCUT2D eigenvalue weighted by molar-refractivity contribution is -0.118. The highest BCUT2D eigenvalue weighted by Crippen LogP contribution is 2.33. The number of nitrogens with one attached hydrogen (secondary N) is 1. The quantitative estimate of drug-likeness (QED) is 0.707. The number of halogens is 1. The van der Waals surface area contributed by atoms with Crippen molar-refractivity contribution in [3.05, 3.63) is 48.8 Å². The van der Waals surface area contributed by atoms with Gasteiger partial charge in [0.05, 0.1) is 11.4 Å². The summed E-state index contributed by atoms with van der Waals surface area (Å²) in [4.78, 5) is 23.6. The molecular weight excluding hydrogens is 362 g/mol. The summed E-state index contributed by atoms with van der Waals surface area (Å²) >= 11 is 0. The molecule has 1 aliphatic heterocycles. The largest absolute Gasteiger partial charge is 0.370 e. The number of carbonyl (C=O) groups is 1.